The molecular weight excluding hydrogens is 228 g/mol. The first kappa shape index (κ1) is 10.8. The summed E-state index contributed by atoms with van der Waals surface area (Å²) in [7, 11) is 0. The monoisotopic (exact) mass is 240 g/mol. The highest BCUT2D eigenvalue weighted by atomic mass is 15.4. The van der Waals surface area contributed by atoms with E-state index < -0.39 is 0 Å². The zero-order valence-electron chi connectivity index (χ0n) is 9.69. The lowest BCUT2D eigenvalue weighted by atomic mass is 10.2. The largest absolute Gasteiger partial charge is 0.330 e. The molecule has 0 radical (unpaired) electrons. The lowest BCUT2D eigenvalue weighted by Crippen LogP contribution is -2.02. The Hall–Kier alpha value is -2.34. The number of nitrogens with two attached hydrogens (primary N) is 1. The molecule has 0 saturated carbocycles. The number of aromatic nitrogens is 5. The van der Waals surface area contributed by atoms with Gasteiger partial charge in [0, 0.05) is 18.8 Å². The summed E-state index contributed by atoms with van der Waals surface area (Å²) in [5, 5.41) is 8.13. The van der Waals surface area contributed by atoms with E-state index >= 15 is 0 Å². The summed E-state index contributed by atoms with van der Waals surface area (Å²) in [5.41, 5.74) is 8.99. The van der Waals surface area contributed by atoms with E-state index in [2.05, 4.69) is 20.3 Å². The molecule has 3 aromatic rings. The van der Waals surface area contributed by atoms with E-state index in [9.17, 15) is 0 Å². The maximum atomic E-state index is 5.49. The molecule has 0 aliphatic carbocycles. The van der Waals surface area contributed by atoms with Crippen molar-refractivity contribution in [2.45, 2.75) is 6.42 Å². The van der Waals surface area contributed by atoms with Gasteiger partial charge in [-0.1, -0.05) is 5.21 Å². The molecule has 0 aliphatic rings. The Kier molecular flexibility index (Phi) is 2.70. The molecule has 0 aliphatic heterocycles. The molecule has 2 N–H and O–H groups in total. The van der Waals surface area contributed by atoms with Crippen LogP contribution >= 0.6 is 0 Å². The third-order valence-corrected chi connectivity index (χ3v) is 2.66. The molecule has 0 unspecified atom stereocenters. The molecule has 0 atom stereocenters. The number of benzene rings is 1. The van der Waals surface area contributed by atoms with Gasteiger partial charge < -0.3 is 5.73 Å². The number of nitrogens with zero attached hydrogens (tertiary/aromatic N) is 5. The highest BCUT2D eigenvalue weighted by Gasteiger charge is 2.03. The highest BCUT2D eigenvalue weighted by molar-refractivity contribution is 5.76. The maximum Gasteiger partial charge on any atom is 0.0908 e. The first-order valence-corrected chi connectivity index (χ1v) is 5.69. The van der Waals surface area contributed by atoms with Crippen LogP contribution in [0.25, 0.3) is 16.7 Å². The predicted molar refractivity (Wildman–Crippen MR) is 67.2 cm³/mol. The molecule has 0 saturated heterocycles. The van der Waals surface area contributed by atoms with Crippen molar-refractivity contribution in [2.75, 3.05) is 6.54 Å². The van der Waals surface area contributed by atoms with Crippen LogP contribution < -0.4 is 5.73 Å². The van der Waals surface area contributed by atoms with Gasteiger partial charge in [0.15, 0.2) is 0 Å². The Balaban J connectivity index is 2.02. The number of hydrogen-bond acceptors (Lipinski definition) is 5. The van der Waals surface area contributed by atoms with Crippen LogP contribution in [-0.2, 0) is 6.42 Å². The molecule has 6 nitrogen and oxygen atoms in total. The quantitative estimate of drug-likeness (QED) is 0.729. The summed E-state index contributed by atoms with van der Waals surface area (Å²) >= 11 is 0. The third kappa shape index (κ3) is 1.93. The van der Waals surface area contributed by atoms with E-state index in [0.717, 1.165) is 28.8 Å². The summed E-state index contributed by atoms with van der Waals surface area (Å²) in [6.45, 7) is 0.571. The highest BCUT2D eigenvalue weighted by Crippen LogP contribution is 2.14. The first-order valence-electron chi connectivity index (χ1n) is 5.69. The van der Waals surface area contributed by atoms with Crippen molar-refractivity contribution in [3.8, 4) is 5.69 Å². The lowest BCUT2D eigenvalue weighted by Gasteiger charge is -2.01. The molecule has 2 aromatic heterocycles. The van der Waals surface area contributed by atoms with E-state index in [1.54, 1.807) is 17.1 Å². The lowest BCUT2D eigenvalue weighted by molar-refractivity contribution is 0.795. The number of fused-ring (bicyclic) bond motifs is 1. The van der Waals surface area contributed by atoms with Crippen molar-refractivity contribution in [3.63, 3.8) is 0 Å². The van der Waals surface area contributed by atoms with Gasteiger partial charge in [-0.25, -0.2) is 4.68 Å². The van der Waals surface area contributed by atoms with Crippen LogP contribution in [0.3, 0.4) is 0 Å². The topological polar surface area (TPSA) is 82.5 Å². The molecule has 6 heteroatoms. The van der Waals surface area contributed by atoms with Gasteiger partial charge in [0.05, 0.1) is 28.6 Å². The molecule has 2 heterocycles. The van der Waals surface area contributed by atoms with Crippen molar-refractivity contribution in [1.29, 1.82) is 0 Å². The Bertz CT molecular complexity index is 675. The summed E-state index contributed by atoms with van der Waals surface area (Å²) < 4.78 is 1.72. The molecule has 0 bridgehead atoms. The maximum absolute atomic E-state index is 5.49. The summed E-state index contributed by atoms with van der Waals surface area (Å²) in [6, 6.07) is 5.79. The van der Waals surface area contributed by atoms with Gasteiger partial charge in [-0.3, -0.25) is 9.97 Å². The summed E-state index contributed by atoms with van der Waals surface area (Å²) in [5.74, 6) is 0. The van der Waals surface area contributed by atoms with E-state index in [-0.39, 0.29) is 0 Å². The first-order chi connectivity index (χ1) is 8.86. The van der Waals surface area contributed by atoms with Crippen molar-refractivity contribution in [1.82, 2.24) is 25.0 Å². The smallest absolute Gasteiger partial charge is 0.0908 e. The molecule has 1 aromatic carbocycles. The normalized spacial score (nSPS) is 10.9. The average molecular weight is 240 g/mol. The Labute approximate surface area is 103 Å². The van der Waals surface area contributed by atoms with Crippen LogP contribution in [0.1, 0.15) is 5.69 Å². The fourth-order valence-electron chi connectivity index (χ4n) is 1.78. The van der Waals surface area contributed by atoms with Crippen LogP contribution in [0.4, 0.5) is 0 Å². The van der Waals surface area contributed by atoms with Gasteiger partial charge in [-0.15, -0.1) is 5.10 Å². The van der Waals surface area contributed by atoms with Crippen molar-refractivity contribution >= 4 is 11.0 Å². The van der Waals surface area contributed by atoms with Gasteiger partial charge in [-0.2, -0.15) is 0 Å². The SMILES string of the molecule is NCCc1cn(-c2ccc3nccnc3c2)nn1. The minimum Gasteiger partial charge on any atom is -0.330 e. The molecular formula is C12H12N6. The zero-order valence-corrected chi connectivity index (χ0v) is 9.69. The van der Waals surface area contributed by atoms with E-state index in [1.165, 1.54) is 0 Å². The minimum atomic E-state index is 0.571. The molecule has 90 valence electrons. The van der Waals surface area contributed by atoms with E-state index in [0.29, 0.717) is 6.54 Å². The second-order valence-corrected chi connectivity index (χ2v) is 3.92. The van der Waals surface area contributed by atoms with Crippen molar-refractivity contribution < 1.29 is 0 Å². The summed E-state index contributed by atoms with van der Waals surface area (Å²) in [6.07, 6.45) is 5.96. The Morgan fingerprint density at radius 2 is 1.94 bits per heavy atom. The fourth-order valence-corrected chi connectivity index (χ4v) is 1.78. The van der Waals surface area contributed by atoms with E-state index in [1.807, 2.05) is 24.4 Å². The average Bonchev–Trinajstić information content (AvgIpc) is 2.87. The molecule has 0 spiro atoms. The van der Waals surface area contributed by atoms with E-state index in [4.69, 9.17) is 5.73 Å². The van der Waals surface area contributed by atoms with Crippen LogP contribution in [0, 0.1) is 0 Å². The van der Waals surface area contributed by atoms with Crippen LogP contribution in [-0.4, -0.2) is 31.5 Å². The molecule has 18 heavy (non-hydrogen) atoms. The van der Waals surface area contributed by atoms with Gasteiger partial charge in [0.1, 0.15) is 0 Å². The van der Waals surface area contributed by atoms with Gasteiger partial charge in [0.2, 0.25) is 0 Å². The predicted octanol–water partition coefficient (Wildman–Crippen LogP) is 0.712. The van der Waals surface area contributed by atoms with Crippen molar-refractivity contribution in [3.05, 3.63) is 42.5 Å². The van der Waals surface area contributed by atoms with Gasteiger partial charge >= 0.3 is 0 Å². The van der Waals surface area contributed by atoms with Crippen LogP contribution in [0.15, 0.2) is 36.8 Å². The fraction of sp³-hybridized carbons (Fsp3) is 0.167. The minimum absolute atomic E-state index is 0.571. The molecule has 0 fully saturated rings. The second-order valence-electron chi connectivity index (χ2n) is 3.92. The number of hydrogen-bond donors (Lipinski definition) is 1. The van der Waals surface area contributed by atoms with Crippen LogP contribution in [0.5, 0.6) is 0 Å². The molecule has 3 rings (SSSR count). The van der Waals surface area contributed by atoms with Crippen molar-refractivity contribution in [2.24, 2.45) is 5.73 Å². The zero-order chi connectivity index (χ0) is 12.4. The molecule has 0 amide bonds. The standard InChI is InChI=1S/C12H12N6/c13-4-3-9-8-18(17-16-9)10-1-2-11-12(7-10)15-6-5-14-11/h1-2,5-8H,3-4,13H2. The van der Waals surface area contributed by atoms with Crippen LogP contribution in [0.2, 0.25) is 0 Å². The number of rotatable bonds is 3. The second kappa shape index (κ2) is 4.50. The Morgan fingerprint density at radius 3 is 2.78 bits per heavy atom. The Morgan fingerprint density at radius 1 is 1.11 bits per heavy atom. The summed E-state index contributed by atoms with van der Waals surface area (Å²) in [4.78, 5) is 8.49. The third-order valence-electron chi connectivity index (χ3n) is 2.66. The van der Waals surface area contributed by atoms with Gasteiger partial charge in [0.25, 0.3) is 0 Å². The van der Waals surface area contributed by atoms with Gasteiger partial charge in [-0.05, 0) is 24.7 Å².